The Bertz CT molecular complexity index is 602. The van der Waals surface area contributed by atoms with Gasteiger partial charge in [0, 0.05) is 3.57 Å². The van der Waals surface area contributed by atoms with Crippen molar-refractivity contribution in [3.63, 3.8) is 0 Å². The van der Waals surface area contributed by atoms with Gasteiger partial charge in [0.15, 0.2) is 0 Å². The van der Waals surface area contributed by atoms with Crippen molar-refractivity contribution in [1.29, 1.82) is 0 Å². The standard InChI is InChI=1S/C15H10I.3ClH.Zr/c16-15-7-5-11(6-8-15)14-9-12-3-1-2-4-13(12)10-14;;;;/h1-10H;3*1H;/q-1;;;;+4/p-3. The predicted octanol–water partition coefficient (Wildman–Crippen LogP) is -4.16. The van der Waals surface area contributed by atoms with Crippen molar-refractivity contribution < 1.29 is 63.4 Å². The zero-order chi connectivity index (χ0) is 11.0. The third kappa shape index (κ3) is 5.07. The summed E-state index contributed by atoms with van der Waals surface area (Å²) in [6, 6.07) is 21.6. The Balaban J connectivity index is 0. The monoisotopic (exact) mass is 512 g/mol. The first-order chi connectivity index (χ1) is 7.83. The quantitative estimate of drug-likeness (QED) is 0.229. The average molecular weight is 515 g/mol. The molecular formula is C15H10Cl3IZr. The van der Waals surface area contributed by atoms with Crippen LogP contribution in [-0.4, -0.2) is 0 Å². The van der Waals surface area contributed by atoms with E-state index in [1.807, 2.05) is 0 Å². The molecule has 0 aliphatic heterocycles. The molecule has 0 fully saturated rings. The van der Waals surface area contributed by atoms with Crippen LogP contribution in [-0.2, 0) is 26.2 Å². The van der Waals surface area contributed by atoms with Gasteiger partial charge in [-0.15, -0.1) is 34.5 Å². The van der Waals surface area contributed by atoms with Crippen LogP contribution in [0.25, 0.3) is 21.9 Å². The minimum Gasteiger partial charge on any atom is -1.00 e. The third-order valence-corrected chi connectivity index (χ3v) is 3.51. The van der Waals surface area contributed by atoms with Crippen molar-refractivity contribution in [2.24, 2.45) is 0 Å². The smallest absolute Gasteiger partial charge is 1.00 e. The van der Waals surface area contributed by atoms with E-state index in [1.165, 1.54) is 25.5 Å². The van der Waals surface area contributed by atoms with Gasteiger partial charge >= 0.3 is 26.2 Å². The Morgan fingerprint density at radius 1 is 0.800 bits per heavy atom. The van der Waals surface area contributed by atoms with Gasteiger partial charge in [-0.3, -0.25) is 0 Å². The number of fused-ring (bicyclic) bond motifs is 1. The topological polar surface area (TPSA) is 0 Å². The SMILES string of the molecule is Ic1ccc(-c2cc3ccccc3[cH-]2)cc1.[Cl-].[Cl-].[Cl-].[Zr+4]. The molecule has 0 N–H and O–H groups in total. The van der Waals surface area contributed by atoms with Gasteiger partial charge in [0.25, 0.3) is 0 Å². The molecule has 0 bridgehead atoms. The van der Waals surface area contributed by atoms with Crippen molar-refractivity contribution in [2.45, 2.75) is 0 Å². The Morgan fingerprint density at radius 2 is 1.40 bits per heavy atom. The molecule has 0 aromatic heterocycles. The molecule has 3 aromatic rings. The van der Waals surface area contributed by atoms with Crippen LogP contribution in [0.5, 0.6) is 0 Å². The summed E-state index contributed by atoms with van der Waals surface area (Å²) in [7, 11) is 0. The largest absolute Gasteiger partial charge is 4.00 e. The van der Waals surface area contributed by atoms with Crippen LogP contribution in [0.2, 0.25) is 0 Å². The van der Waals surface area contributed by atoms with Crippen molar-refractivity contribution in [2.75, 3.05) is 0 Å². The summed E-state index contributed by atoms with van der Waals surface area (Å²) in [6.45, 7) is 0. The fourth-order valence-electron chi connectivity index (χ4n) is 1.96. The van der Waals surface area contributed by atoms with Gasteiger partial charge in [0.1, 0.15) is 0 Å². The van der Waals surface area contributed by atoms with E-state index in [1.54, 1.807) is 0 Å². The second kappa shape index (κ2) is 10.3. The van der Waals surface area contributed by atoms with E-state index in [4.69, 9.17) is 0 Å². The average Bonchev–Trinajstić information content (AvgIpc) is 2.73. The van der Waals surface area contributed by atoms with Crippen LogP contribution in [0.15, 0.2) is 60.7 Å². The summed E-state index contributed by atoms with van der Waals surface area (Å²) >= 11 is 2.33. The van der Waals surface area contributed by atoms with Gasteiger partial charge in [-0.2, -0.15) is 0 Å². The van der Waals surface area contributed by atoms with E-state index in [-0.39, 0.29) is 63.4 Å². The van der Waals surface area contributed by atoms with E-state index >= 15 is 0 Å². The van der Waals surface area contributed by atoms with Gasteiger partial charge in [-0.05, 0) is 22.6 Å². The molecule has 102 valence electrons. The number of hydrogen-bond acceptors (Lipinski definition) is 0. The maximum Gasteiger partial charge on any atom is 4.00 e. The van der Waals surface area contributed by atoms with Crippen LogP contribution in [0, 0.1) is 3.57 Å². The van der Waals surface area contributed by atoms with Gasteiger partial charge in [0.2, 0.25) is 0 Å². The van der Waals surface area contributed by atoms with Crippen molar-refractivity contribution in [3.05, 3.63) is 64.2 Å². The molecule has 0 saturated heterocycles. The summed E-state index contributed by atoms with van der Waals surface area (Å²) in [5.41, 5.74) is 2.59. The van der Waals surface area contributed by atoms with E-state index in [0.29, 0.717) is 0 Å². The van der Waals surface area contributed by atoms with Crippen LogP contribution in [0.3, 0.4) is 0 Å². The second-order valence-electron chi connectivity index (χ2n) is 3.88. The van der Waals surface area contributed by atoms with Crippen molar-refractivity contribution >= 4 is 33.4 Å². The number of rotatable bonds is 1. The molecule has 0 nitrogen and oxygen atoms in total. The van der Waals surface area contributed by atoms with Crippen LogP contribution >= 0.6 is 22.6 Å². The van der Waals surface area contributed by atoms with E-state index in [2.05, 4.69) is 83.3 Å². The predicted molar refractivity (Wildman–Crippen MR) is 77.7 cm³/mol. The second-order valence-corrected chi connectivity index (χ2v) is 5.13. The van der Waals surface area contributed by atoms with Gasteiger partial charge < -0.3 is 37.2 Å². The summed E-state index contributed by atoms with van der Waals surface area (Å²) in [5.74, 6) is 0. The molecular weight excluding hydrogens is 505 g/mol. The van der Waals surface area contributed by atoms with Crippen LogP contribution in [0.1, 0.15) is 0 Å². The normalized spacial score (nSPS) is 8.65. The molecule has 5 heteroatoms. The molecule has 0 unspecified atom stereocenters. The van der Waals surface area contributed by atoms with Crippen LogP contribution in [0.4, 0.5) is 0 Å². The molecule has 3 aromatic carbocycles. The molecule has 0 heterocycles. The summed E-state index contributed by atoms with van der Waals surface area (Å²) < 4.78 is 1.28. The van der Waals surface area contributed by atoms with E-state index < -0.39 is 0 Å². The fraction of sp³-hybridized carbons (Fsp3) is 0. The number of halogens is 4. The van der Waals surface area contributed by atoms with Crippen molar-refractivity contribution in [1.82, 2.24) is 0 Å². The Kier molecular flexibility index (Phi) is 11.7. The molecule has 0 aliphatic rings. The summed E-state index contributed by atoms with van der Waals surface area (Å²) in [6.07, 6.45) is 0. The Hall–Kier alpha value is 0.533. The molecule has 0 saturated carbocycles. The Morgan fingerprint density at radius 3 is 2.00 bits per heavy atom. The van der Waals surface area contributed by atoms with E-state index in [0.717, 1.165) is 0 Å². The number of hydrogen-bond donors (Lipinski definition) is 0. The minimum absolute atomic E-state index is 0. The molecule has 0 amide bonds. The first-order valence-electron chi connectivity index (χ1n) is 5.24. The minimum atomic E-state index is 0. The molecule has 0 spiro atoms. The van der Waals surface area contributed by atoms with Crippen molar-refractivity contribution in [3.8, 4) is 11.1 Å². The van der Waals surface area contributed by atoms with E-state index in [9.17, 15) is 0 Å². The molecule has 3 rings (SSSR count). The van der Waals surface area contributed by atoms with Crippen LogP contribution < -0.4 is 37.2 Å². The first kappa shape index (κ1) is 22.8. The molecule has 0 aliphatic carbocycles. The third-order valence-electron chi connectivity index (χ3n) is 2.80. The first-order valence-corrected chi connectivity index (χ1v) is 6.32. The zero-order valence-electron chi connectivity index (χ0n) is 10.3. The zero-order valence-corrected chi connectivity index (χ0v) is 17.2. The number of benzene rings is 2. The molecule has 0 radical (unpaired) electrons. The molecule has 0 atom stereocenters. The maximum atomic E-state index is 2.33. The summed E-state index contributed by atoms with van der Waals surface area (Å²) in [4.78, 5) is 0. The maximum absolute atomic E-state index is 2.33. The Labute approximate surface area is 170 Å². The van der Waals surface area contributed by atoms with Gasteiger partial charge in [-0.1, -0.05) is 48.0 Å². The van der Waals surface area contributed by atoms with Gasteiger partial charge in [0.05, 0.1) is 0 Å². The molecule has 20 heavy (non-hydrogen) atoms. The summed E-state index contributed by atoms with van der Waals surface area (Å²) in [5, 5.41) is 2.63. The van der Waals surface area contributed by atoms with Gasteiger partial charge in [-0.25, -0.2) is 0 Å². The fourth-order valence-corrected chi connectivity index (χ4v) is 2.32.